The number of esters is 2. The average Bonchev–Trinajstić information content (AvgIpc) is 3.20. The van der Waals surface area contributed by atoms with Gasteiger partial charge in [-0.2, -0.15) is 12.6 Å². The molecule has 156 valence electrons. The van der Waals surface area contributed by atoms with Crippen molar-refractivity contribution < 1.29 is 14.3 Å². The molecule has 1 saturated heterocycles. The number of carbonyl (C=O) groups excluding carboxylic acids is 2. The number of carbonyl (C=O) groups is 2. The van der Waals surface area contributed by atoms with Crippen LogP contribution in [0.4, 0.5) is 0 Å². The molecular weight excluding hydrogens is 390 g/mol. The van der Waals surface area contributed by atoms with E-state index < -0.39 is 16.8 Å². The molecule has 4 nitrogen and oxygen atoms in total. The van der Waals surface area contributed by atoms with Gasteiger partial charge < -0.3 is 4.74 Å². The fourth-order valence-electron chi connectivity index (χ4n) is 3.19. The lowest BCUT2D eigenvalue weighted by Gasteiger charge is -2.26. The van der Waals surface area contributed by atoms with Gasteiger partial charge >= 0.3 is 11.9 Å². The Morgan fingerprint density at radius 3 is 2.54 bits per heavy atom. The molecule has 1 aromatic carbocycles. The van der Waals surface area contributed by atoms with Crippen LogP contribution >= 0.6 is 24.4 Å². The van der Waals surface area contributed by atoms with E-state index in [1.165, 1.54) is 48.6 Å². The first-order valence-electron chi connectivity index (χ1n) is 10.3. The normalized spacial score (nSPS) is 20.1. The fourth-order valence-corrected chi connectivity index (χ4v) is 4.59. The minimum absolute atomic E-state index is 0.366. The Kier molecular flexibility index (Phi) is 9.89. The monoisotopic (exact) mass is 423 g/mol. The molecule has 28 heavy (non-hydrogen) atoms. The van der Waals surface area contributed by atoms with E-state index in [-0.39, 0.29) is 5.92 Å². The van der Waals surface area contributed by atoms with Gasteiger partial charge in [-0.15, -0.1) is 11.8 Å². The van der Waals surface area contributed by atoms with Crippen LogP contribution in [0.25, 0.3) is 0 Å². The molecule has 0 unspecified atom stereocenters. The Morgan fingerprint density at radius 1 is 1.21 bits per heavy atom. The molecule has 0 amide bonds. The minimum Gasteiger partial charge on any atom is -0.391 e. The van der Waals surface area contributed by atoms with Crippen molar-refractivity contribution in [1.82, 2.24) is 5.32 Å². The van der Waals surface area contributed by atoms with Crippen LogP contribution in [-0.4, -0.2) is 29.1 Å². The molecule has 0 radical (unpaired) electrons. The molecule has 1 fully saturated rings. The Labute approximate surface area is 179 Å². The number of thioether (sulfide) groups is 1. The maximum absolute atomic E-state index is 12.7. The van der Waals surface area contributed by atoms with Gasteiger partial charge in [-0.3, -0.25) is 10.1 Å². The van der Waals surface area contributed by atoms with Crippen molar-refractivity contribution in [1.29, 1.82) is 0 Å². The van der Waals surface area contributed by atoms with Crippen LogP contribution in [0.5, 0.6) is 0 Å². The average molecular weight is 424 g/mol. The number of thiol groups is 1. The van der Waals surface area contributed by atoms with Crippen molar-refractivity contribution >= 4 is 36.3 Å². The Morgan fingerprint density at radius 2 is 1.93 bits per heavy atom. The second kappa shape index (κ2) is 11.9. The molecule has 1 aliphatic heterocycles. The maximum Gasteiger partial charge on any atom is 0.344 e. The van der Waals surface area contributed by atoms with Crippen molar-refractivity contribution in [3.05, 3.63) is 35.4 Å². The first kappa shape index (κ1) is 23.3. The first-order chi connectivity index (χ1) is 13.5. The third kappa shape index (κ3) is 6.82. The van der Waals surface area contributed by atoms with Crippen molar-refractivity contribution in [2.45, 2.75) is 69.4 Å². The van der Waals surface area contributed by atoms with Crippen LogP contribution < -0.4 is 5.32 Å². The molecule has 0 bridgehead atoms. The van der Waals surface area contributed by atoms with Gasteiger partial charge in [0.2, 0.25) is 0 Å². The SMILES string of the molecule is CCCCCCc1ccc(CS[C@]2(C(=O)OC(=O)[C@H](C)CS)CCCN2)cc1. The number of hydrogen-bond acceptors (Lipinski definition) is 6. The molecule has 2 atom stereocenters. The number of unbranched alkanes of at least 4 members (excludes halogenated alkanes) is 3. The summed E-state index contributed by atoms with van der Waals surface area (Å²) in [4.78, 5) is 23.9. The molecule has 1 N–H and O–H groups in total. The topological polar surface area (TPSA) is 55.4 Å². The van der Waals surface area contributed by atoms with Crippen LogP contribution in [-0.2, 0) is 26.5 Å². The summed E-state index contributed by atoms with van der Waals surface area (Å²) in [6.07, 6.45) is 7.78. The minimum atomic E-state index is -0.829. The number of nitrogens with one attached hydrogen (secondary N) is 1. The van der Waals surface area contributed by atoms with E-state index in [2.05, 4.69) is 49.1 Å². The van der Waals surface area contributed by atoms with E-state index >= 15 is 0 Å². The van der Waals surface area contributed by atoms with Crippen molar-refractivity contribution in [2.75, 3.05) is 12.3 Å². The zero-order valence-electron chi connectivity index (χ0n) is 17.0. The molecule has 0 aromatic heterocycles. The number of rotatable bonds is 11. The smallest absolute Gasteiger partial charge is 0.344 e. The van der Waals surface area contributed by atoms with Gasteiger partial charge in [0.25, 0.3) is 0 Å². The van der Waals surface area contributed by atoms with E-state index in [1.807, 2.05) is 0 Å². The summed E-state index contributed by atoms with van der Waals surface area (Å²) < 4.78 is 5.15. The second-order valence-electron chi connectivity index (χ2n) is 7.57. The highest BCUT2D eigenvalue weighted by Crippen LogP contribution is 2.35. The summed E-state index contributed by atoms with van der Waals surface area (Å²) in [5.74, 6) is -0.290. The number of aryl methyl sites for hydroxylation is 1. The summed E-state index contributed by atoms with van der Waals surface area (Å²) in [6, 6.07) is 8.66. The first-order valence-corrected chi connectivity index (χ1v) is 12.0. The summed E-state index contributed by atoms with van der Waals surface area (Å²) in [6.45, 7) is 4.70. The van der Waals surface area contributed by atoms with Crippen LogP contribution in [0.3, 0.4) is 0 Å². The molecule has 1 heterocycles. The lowest BCUT2D eigenvalue weighted by Crippen LogP contribution is -2.47. The van der Waals surface area contributed by atoms with Gasteiger partial charge in [-0.1, -0.05) is 57.4 Å². The van der Waals surface area contributed by atoms with Crippen LogP contribution in [0.1, 0.15) is 63.5 Å². The number of ether oxygens (including phenoxy) is 1. The van der Waals surface area contributed by atoms with Gasteiger partial charge in [0.15, 0.2) is 4.87 Å². The van der Waals surface area contributed by atoms with Crippen LogP contribution in [0, 0.1) is 5.92 Å². The zero-order valence-corrected chi connectivity index (χ0v) is 18.7. The highest BCUT2D eigenvalue weighted by atomic mass is 32.2. The Balaban J connectivity index is 1.90. The van der Waals surface area contributed by atoms with Gasteiger partial charge in [0.1, 0.15) is 0 Å². The summed E-state index contributed by atoms with van der Waals surface area (Å²) in [5.41, 5.74) is 2.54. The highest BCUT2D eigenvalue weighted by Gasteiger charge is 2.44. The van der Waals surface area contributed by atoms with Crippen LogP contribution in [0.15, 0.2) is 24.3 Å². The number of benzene rings is 1. The molecule has 6 heteroatoms. The lowest BCUT2D eigenvalue weighted by molar-refractivity contribution is -0.163. The van der Waals surface area contributed by atoms with Crippen molar-refractivity contribution in [2.24, 2.45) is 5.92 Å². The summed E-state index contributed by atoms with van der Waals surface area (Å²) in [7, 11) is 0. The van der Waals surface area contributed by atoms with E-state index in [9.17, 15) is 9.59 Å². The molecular formula is C22H33NO3S2. The predicted molar refractivity (Wildman–Crippen MR) is 120 cm³/mol. The van der Waals surface area contributed by atoms with E-state index in [4.69, 9.17) is 4.74 Å². The summed E-state index contributed by atoms with van der Waals surface area (Å²) >= 11 is 5.63. The molecule has 1 aromatic rings. The van der Waals surface area contributed by atoms with Crippen LogP contribution in [0.2, 0.25) is 0 Å². The third-order valence-electron chi connectivity index (χ3n) is 5.14. The number of hydrogen-bond donors (Lipinski definition) is 2. The van der Waals surface area contributed by atoms with E-state index in [1.54, 1.807) is 6.92 Å². The second-order valence-corrected chi connectivity index (χ2v) is 9.20. The Bertz CT molecular complexity index is 627. The highest BCUT2D eigenvalue weighted by molar-refractivity contribution is 8.00. The van der Waals surface area contributed by atoms with Gasteiger partial charge in [-0.05, 0) is 43.4 Å². The van der Waals surface area contributed by atoms with E-state index in [0.29, 0.717) is 17.9 Å². The van der Waals surface area contributed by atoms with Gasteiger partial charge in [0, 0.05) is 11.5 Å². The standard InChI is InChI=1S/C22H33NO3S2/c1-3-4-5-6-8-18-9-11-19(12-10-18)16-28-22(13-7-14-23-22)21(25)26-20(24)17(2)15-27/h9-12,17,23,27H,3-8,13-16H2,1-2H3/t17-,22+/m1/s1. The molecule has 0 spiro atoms. The zero-order chi connectivity index (χ0) is 20.4. The molecule has 0 aliphatic carbocycles. The maximum atomic E-state index is 12.7. The fraction of sp³-hybridized carbons (Fsp3) is 0.636. The van der Waals surface area contributed by atoms with Crippen molar-refractivity contribution in [3.8, 4) is 0 Å². The third-order valence-corrected chi connectivity index (χ3v) is 7.18. The summed E-state index contributed by atoms with van der Waals surface area (Å²) in [5, 5.41) is 3.27. The van der Waals surface area contributed by atoms with Gasteiger partial charge in [0.05, 0.1) is 5.92 Å². The van der Waals surface area contributed by atoms with E-state index in [0.717, 1.165) is 19.4 Å². The molecule has 0 saturated carbocycles. The largest absolute Gasteiger partial charge is 0.391 e. The van der Waals surface area contributed by atoms with Gasteiger partial charge in [-0.25, -0.2) is 4.79 Å². The van der Waals surface area contributed by atoms with Crippen molar-refractivity contribution in [3.63, 3.8) is 0 Å². The molecule has 1 aliphatic rings. The predicted octanol–water partition coefficient (Wildman–Crippen LogP) is 4.76. The molecule has 2 rings (SSSR count). The quantitative estimate of drug-likeness (QED) is 0.233. The Hall–Kier alpha value is -0.980. The lowest BCUT2D eigenvalue weighted by atomic mass is 10.1.